The van der Waals surface area contributed by atoms with E-state index < -0.39 is 5.97 Å². The molecule has 1 aliphatic rings. The van der Waals surface area contributed by atoms with Gasteiger partial charge in [0.25, 0.3) is 5.69 Å². The van der Waals surface area contributed by atoms with Crippen molar-refractivity contribution in [2.24, 2.45) is 7.05 Å². The summed E-state index contributed by atoms with van der Waals surface area (Å²) in [5.74, 6) is -0.463. The van der Waals surface area contributed by atoms with E-state index in [2.05, 4.69) is 0 Å². The molecule has 0 aliphatic heterocycles. The predicted molar refractivity (Wildman–Crippen MR) is 77.5 cm³/mol. The smallest absolute Gasteiger partial charge is 0.303 e. The minimum atomic E-state index is -0.899. The maximum Gasteiger partial charge on any atom is 0.303 e. The molecule has 1 heterocycles. The van der Waals surface area contributed by atoms with Crippen molar-refractivity contribution in [1.29, 1.82) is 0 Å². The van der Waals surface area contributed by atoms with E-state index in [1.54, 1.807) is 12.3 Å². The third-order valence-electron chi connectivity index (χ3n) is 4.02. The highest BCUT2D eigenvalue weighted by molar-refractivity contribution is 5.93. The zero-order chi connectivity index (χ0) is 15.1. The number of aryl methyl sites for hydroxylation is 2. The monoisotopic (exact) mass is 288 g/mol. The van der Waals surface area contributed by atoms with Crippen molar-refractivity contribution in [3.05, 3.63) is 39.6 Å². The van der Waals surface area contributed by atoms with Crippen molar-refractivity contribution < 1.29 is 14.8 Å². The Kier molecular flexibility index (Phi) is 3.16. The predicted octanol–water partition coefficient (Wildman–Crippen LogP) is 2.98. The molecular formula is C15H16N2O4. The van der Waals surface area contributed by atoms with E-state index in [-0.39, 0.29) is 17.0 Å². The lowest BCUT2D eigenvalue weighted by Crippen LogP contribution is -1.98. The van der Waals surface area contributed by atoms with Gasteiger partial charge in [0.1, 0.15) is 0 Å². The molecule has 1 fully saturated rings. The van der Waals surface area contributed by atoms with Gasteiger partial charge in [0.15, 0.2) is 0 Å². The number of aromatic nitrogens is 1. The molecule has 6 heteroatoms. The first-order valence-corrected chi connectivity index (χ1v) is 6.95. The Balaban J connectivity index is 2.16. The third-order valence-corrected chi connectivity index (χ3v) is 4.02. The number of rotatable bonds is 5. The summed E-state index contributed by atoms with van der Waals surface area (Å²) in [5, 5.41) is 20.8. The summed E-state index contributed by atoms with van der Waals surface area (Å²) in [5.41, 5.74) is 2.64. The SMILES string of the molecule is Cn1cc(CCC(=O)O)c2c([N+](=O)[O-])cc(C3CC3)cc21. The zero-order valence-corrected chi connectivity index (χ0v) is 11.7. The highest BCUT2D eigenvalue weighted by atomic mass is 16.6. The average Bonchev–Trinajstić information content (AvgIpc) is 3.22. The summed E-state index contributed by atoms with van der Waals surface area (Å²) in [6, 6.07) is 3.66. The zero-order valence-electron chi connectivity index (χ0n) is 11.7. The molecule has 1 aromatic heterocycles. The molecule has 0 bridgehead atoms. The van der Waals surface area contributed by atoms with Gasteiger partial charge in [-0.2, -0.15) is 0 Å². The molecule has 0 radical (unpaired) electrons. The largest absolute Gasteiger partial charge is 0.481 e. The molecule has 1 N–H and O–H groups in total. The van der Waals surface area contributed by atoms with Gasteiger partial charge in [0, 0.05) is 25.7 Å². The highest BCUT2D eigenvalue weighted by Crippen LogP contribution is 2.43. The molecule has 3 rings (SSSR count). The number of nitrogens with zero attached hydrogens (tertiary/aromatic N) is 2. The molecule has 0 saturated heterocycles. The Morgan fingerprint density at radius 1 is 1.48 bits per heavy atom. The number of benzene rings is 1. The van der Waals surface area contributed by atoms with Crippen LogP contribution in [-0.2, 0) is 18.3 Å². The van der Waals surface area contributed by atoms with Crippen LogP contribution in [0.4, 0.5) is 5.69 Å². The lowest BCUT2D eigenvalue weighted by atomic mass is 10.0. The summed E-state index contributed by atoms with van der Waals surface area (Å²) in [6.45, 7) is 0. The number of carbonyl (C=O) groups is 1. The van der Waals surface area contributed by atoms with Crippen LogP contribution in [0.3, 0.4) is 0 Å². The maximum atomic E-state index is 11.4. The van der Waals surface area contributed by atoms with Gasteiger partial charge < -0.3 is 9.67 Å². The number of nitro benzene ring substituents is 1. The fourth-order valence-corrected chi connectivity index (χ4v) is 2.84. The molecule has 6 nitrogen and oxygen atoms in total. The first-order chi connectivity index (χ1) is 9.97. The fourth-order valence-electron chi connectivity index (χ4n) is 2.84. The molecule has 1 aromatic carbocycles. The van der Waals surface area contributed by atoms with Crippen LogP contribution < -0.4 is 0 Å². The van der Waals surface area contributed by atoms with Crippen molar-refractivity contribution in [3.63, 3.8) is 0 Å². The van der Waals surface area contributed by atoms with Crippen LogP contribution in [0, 0.1) is 10.1 Å². The Morgan fingerprint density at radius 2 is 2.19 bits per heavy atom. The molecule has 1 saturated carbocycles. The molecule has 0 spiro atoms. The maximum absolute atomic E-state index is 11.4. The van der Waals surface area contributed by atoms with Crippen molar-refractivity contribution in [1.82, 2.24) is 4.57 Å². The van der Waals surface area contributed by atoms with Gasteiger partial charge in [-0.25, -0.2) is 0 Å². The molecule has 1 aliphatic carbocycles. The van der Waals surface area contributed by atoms with Gasteiger partial charge in [0.05, 0.1) is 15.8 Å². The number of carboxylic acid groups (broad SMARTS) is 1. The highest BCUT2D eigenvalue weighted by Gasteiger charge is 2.28. The number of non-ortho nitro benzene ring substituents is 1. The third kappa shape index (κ3) is 2.49. The first kappa shape index (κ1) is 13.6. The second-order valence-electron chi connectivity index (χ2n) is 5.62. The number of nitro groups is 1. The Morgan fingerprint density at radius 3 is 2.76 bits per heavy atom. The summed E-state index contributed by atoms with van der Waals surface area (Å²) >= 11 is 0. The normalized spacial score (nSPS) is 14.5. The minimum absolute atomic E-state index is 0.0271. The second-order valence-corrected chi connectivity index (χ2v) is 5.62. The fraction of sp³-hybridized carbons (Fsp3) is 0.400. The quantitative estimate of drug-likeness (QED) is 0.677. The number of hydrogen-bond acceptors (Lipinski definition) is 3. The topological polar surface area (TPSA) is 85.4 Å². The minimum Gasteiger partial charge on any atom is -0.481 e. The lowest BCUT2D eigenvalue weighted by molar-refractivity contribution is -0.383. The molecule has 21 heavy (non-hydrogen) atoms. The molecule has 0 unspecified atom stereocenters. The van der Waals surface area contributed by atoms with Crippen molar-refractivity contribution in [2.75, 3.05) is 0 Å². The molecule has 2 aromatic rings. The van der Waals surface area contributed by atoms with E-state index in [0.717, 1.165) is 29.5 Å². The van der Waals surface area contributed by atoms with E-state index in [9.17, 15) is 14.9 Å². The van der Waals surface area contributed by atoms with E-state index in [1.807, 2.05) is 17.7 Å². The molecule has 0 atom stereocenters. The van der Waals surface area contributed by atoms with Crippen LogP contribution in [0.1, 0.15) is 36.3 Å². The summed E-state index contributed by atoms with van der Waals surface area (Å²) in [7, 11) is 1.84. The van der Waals surface area contributed by atoms with Crippen LogP contribution in [0.5, 0.6) is 0 Å². The molecule has 110 valence electrons. The van der Waals surface area contributed by atoms with Crippen LogP contribution >= 0.6 is 0 Å². The molecule has 0 amide bonds. The van der Waals surface area contributed by atoms with Gasteiger partial charge in [-0.05, 0) is 42.4 Å². The Bertz CT molecular complexity index is 744. The standard InChI is InChI=1S/C15H16N2O4/c1-16-8-10(4-5-14(18)19)15-12(16)6-11(9-2-3-9)7-13(15)17(20)21/h6-9H,2-5H2,1H3,(H,18,19). The summed E-state index contributed by atoms with van der Waals surface area (Å²) in [6.07, 6.45) is 4.24. The van der Waals surface area contributed by atoms with Gasteiger partial charge in [0.2, 0.25) is 0 Å². The van der Waals surface area contributed by atoms with E-state index in [4.69, 9.17) is 5.11 Å². The van der Waals surface area contributed by atoms with E-state index in [1.165, 1.54) is 0 Å². The van der Waals surface area contributed by atoms with Crippen LogP contribution in [0.15, 0.2) is 18.3 Å². The second kappa shape index (κ2) is 4.87. The van der Waals surface area contributed by atoms with Gasteiger partial charge in [-0.1, -0.05) is 0 Å². The van der Waals surface area contributed by atoms with Crippen LogP contribution in [0.25, 0.3) is 10.9 Å². The van der Waals surface area contributed by atoms with Gasteiger partial charge in [-0.15, -0.1) is 0 Å². The van der Waals surface area contributed by atoms with Crippen LogP contribution in [0.2, 0.25) is 0 Å². The Labute approximate surface area is 121 Å². The van der Waals surface area contributed by atoms with Gasteiger partial charge in [-0.3, -0.25) is 14.9 Å². The van der Waals surface area contributed by atoms with Gasteiger partial charge >= 0.3 is 5.97 Å². The lowest BCUT2D eigenvalue weighted by Gasteiger charge is -2.04. The van der Waals surface area contributed by atoms with Crippen molar-refractivity contribution in [2.45, 2.75) is 31.6 Å². The van der Waals surface area contributed by atoms with Crippen molar-refractivity contribution in [3.8, 4) is 0 Å². The summed E-state index contributed by atoms with van der Waals surface area (Å²) in [4.78, 5) is 21.8. The van der Waals surface area contributed by atoms with E-state index in [0.29, 0.717) is 17.7 Å². The number of carboxylic acids is 1. The van der Waals surface area contributed by atoms with E-state index >= 15 is 0 Å². The van der Waals surface area contributed by atoms with Crippen molar-refractivity contribution >= 4 is 22.6 Å². The van der Waals surface area contributed by atoms with Crippen LogP contribution in [-0.4, -0.2) is 20.6 Å². The average molecular weight is 288 g/mol. The molecular weight excluding hydrogens is 272 g/mol. The Hall–Kier alpha value is -2.37. The summed E-state index contributed by atoms with van der Waals surface area (Å²) < 4.78 is 1.85. The number of aliphatic carboxylic acids is 1. The first-order valence-electron chi connectivity index (χ1n) is 6.95. The number of fused-ring (bicyclic) bond motifs is 1. The number of hydrogen-bond donors (Lipinski definition) is 1.